The van der Waals surface area contributed by atoms with Crippen LogP contribution in [0.3, 0.4) is 0 Å². The number of rotatable bonds is 5. The van der Waals surface area contributed by atoms with E-state index in [-0.39, 0.29) is 11.9 Å². The minimum Gasteiger partial charge on any atom is -0.271 e. The highest BCUT2D eigenvalue weighted by Gasteiger charge is 2.12. The summed E-state index contributed by atoms with van der Waals surface area (Å²) in [6.07, 6.45) is 0. The standard InChI is InChI=1S/C16H19FN2S/c1-11-3-5-15(6-4-11)20-10-16(19-18)13-7-12(2)8-14(17)9-13/h3-9,16,19H,10,18H2,1-2H3. The van der Waals surface area contributed by atoms with Crippen LogP contribution in [0, 0.1) is 19.7 Å². The molecule has 2 nitrogen and oxygen atoms in total. The average molecular weight is 290 g/mol. The Morgan fingerprint density at radius 2 is 1.80 bits per heavy atom. The van der Waals surface area contributed by atoms with Gasteiger partial charge in [0.25, 0.3) is 0 Å². The summed E-state index contributed by atoms with van der Waals surface area (Å²) in [5.74, 6) is 6.14. The van der Waals surface area contributed by atoms with Crippen LogP contribution in [-0.2, 0) is 0 Å². The number of aryl methyl sites for hydroxylation is 2. The van der Waals surface area contributed by atoms with Gasteiger partial charge in [-0.25, -0.2) is 4.39 Å². The molecule has 0 fully saturated rings. The number of nitrogens with two attached hydrogens (primary N) is 1. The van der Waals surface area contributed by atoms with Gasteiger partial charge in [0, 0.05) is 10.6 Å². The van der Waals surface area contributed by atoms with Gasteiger partial charge in [-0.15, -0.1) is 11.8 Å². The molecule has 0 heterocycles. The van der Waals surface area contributed by atoms with Crippen LogP contribution in [0.4, 0.5) is 4.39 Å². The molecule has 0 aliphatic carbocycles. The minimum absolute atomic E-state index is 0.0734. The van der Waals surface area contributed by atoms with Crippen molar-refractivity contribution in [3.8, 4) is 0 Å². The summed E-state index contributed by atoms with van der Waals surface area (Å²) in [6.45, 7) is 3.95. The molecule has 0 bridgehead atoms. The molecule has 2 aromatic carbocycles. The first-order valence-electron chi connectivity index (χ1n) is 6.51. The summed E-state index contributed by atoms with van der Waals surface area (Å²) >= 11 is 1.70. The number of benzene rings is 2. The second-order valence-corrected chi connectivity index (χ2v) is 6.00. The van der Waals surface area contributed by atoms with Crippen molar-refractivity contribution >= 4 is 11.8 Å². The van der Waals surface area contributed by atoms with Crippen LogP contribution in [-0.4, -0.2) is 5.75 Å². The molecule has 0 radical (unpaired) electrons. The van der Waals surface area contributed by atoms with Gasteiger partial charge in [-0.1, -0.05) is 23.8 Å². The largest absolute Gasteiger partial charge is 0.271 e. The van der Waals surface area contributed by atoms with Crippen LogP contribution in [0.1, 0.15) is 22.7 Å². The first kappa shape index (κ1) is 15.0. The van der Waals surface area contributed by atoms with E-state index in [1.54, 1.807) is 11.8 Å². The van der Waals surface area contributed by atoms with E-state index in [0.29, 0.717) is 0 Å². The molecule has 2 rings (SSSR count). The van der Waals surface area contributed by atoms with Crippen molar-refractivity contribution in [2.75, 3.05) is 5.75 Å². The first-order valence-corrected chi connectivity index (χ1v) is 7.50. The molecule has 0 saturated heterocycles. The van der Waals surface area contributed by atoms with Gasteiger partial charge >= 0.3 is 0 Å². The lowest BCUT2D eigenvalue weighted by molar-refractivity contribution is 0.590. The van der Waals surface area contributed by atoms with E-state index in [9.17, 15) is 4.39 Å². The lowest BCUT2D eigenvalue weighted by Crippen LogP contribution is -2.29. The van der Waals surface area contributed by atoms with Gasteiger partial charge in [-0.2, -0.15) is 0 Å². The molecule has 1 atom stereocenters. The Balaban J connectivity index is 2.07. The number of hydrogen-bond acceptors (Lipinski definition) is 3. The highest BCUT2D eigenvalue weighted by Crippen LogP contribution is 2.25. The molecule has 1 unspecified atom stereocenters. The summed E-state index contributed by atoms with van der Waals surface area (Å²) in [6, 6.07) is 13.3. The van der Waals surface area contributed by atoms with Gasteiger partial charge in [0.1, 0.15) is 5.82 Å². The van der Waals surface area contributed by atoms with Crippen molar-refractivity contribution in [2.45, 2.75) is 24.8 Å². The van der Waals surface area contributed by atoms with E-state index in [1.807, 2.05) is 13.0 Å². The van der Waals surface area contributed by atoms with E-state index in [0.717, 1.165) is 16.9 Å². The van der Waals surface area contributed by atoms with Crippen molar-refractivity contribution in [3.63, 3.8) is 0 Å². The van der Waals surface area contributed by atoms with Crippen LogP contribution in [0.15, 0.2) is 47.4 Å². The smallest absolute Gasteiger partial charge is 0.123 e. The number of nitrogens with one attached hydrogen (secondary N) is 1. The molecule has 0 aromatic heterocycles. The Morgan fingerprint density at radius 3 is 2.40 bits per heavy atom. The Morgan fingerprint density at radius 1 is 1.10 bits per heavy atom. The van der Waals surface area contributed by atoms with Crippen molar-refractivity contribution in [3.05, 3.63) is 65.0 Å². The topological polar surface area (TPSA) is 38.0 Å². The molecule has 0 amide bonds. The molecule has 0 aliphatic rings. The third-order valence-corrected chi connectivity index (χ3v) is 4.21. The summed E-state index contributed by atoms with van der Waals surface area (Å²) in [5, 5.41) is 0. The van der Waals surface area contributed by atoms with Crippen molar-refractivity contribution < 1.29 is 4.39 Å². The van der Waals surface area contributed by atoms with Gasteiger partial charge in [-0.3, -0.25) is 11.3 Å². The number of thioether (sulfide) groups is 1. The van der Waals surface area contributed by atoms with Crippen LogP contribution in [0.2, 0.25) is 0 Å². The van der Waals surface area contributed by atoms with Crippen LogP contribution >= 0.6 is 11.8 Å². The third kappa shape index (κ3) is 4.07. The molecule has 3 N–H and O–H groups in total. The van der Waals surface area contributed by atoms with Crippen molar-refractivity contribution in [1.82, 2.24) is 5.43 Å². The van der Waals surface area contributed by atoms with Gasteiger partial charge in [0.15, 0.2) is 0 Å². The molecule has 106 valence electrons. The number of hydrazine groups is 1. The minimum atomic E-state index is -0.222. The Kier molecular flexibility index (Phi) is 5.17. The summed E-state index contributed by atoms with van der Waals surface area (Å²) in [4.78, 5) is 1.18. The zero-order chi connectivity index (χ0) is 14.5. The molecular weight excluding hydrogens is 271 g/mol. The van der Waals surface area contributed by atoms with E-state index in [2.05, 4.69) is 36.6 Å². The van der Waals surface area contributed by atoms with Crippen LogP contribution in [0.25, 0.3) is 0 Å². The van der Waals surface area contributed by atoms with E-state index >= 15 is 0 Å². The van der Waals surface area contributed by atoms with Crippen molar-refractivity contribution in [2.24, 2.45) is 5.84 Å². The predicted octanol–water partition coefficient (Wildman–Crippen LogP) is 3.74. The molecule has 20 heavy (non-hydrogen) atoms. The molecule has 0 aliphatic heterocycles. The van der Waals surface area contributed by atoms with Crippen LogP contribution in [0.5, 0.6) is 0 Å². The molecule has 4 heteroatoms. The maximum atomic E-state index is 13.5. The Bertz CT molecular complexity index is 549. The van der Waals surface area contributed by atoms with Gasteiger partial charge in [0.2, 0.25) is 0 Å². The zero-order valence-corrected chi connectivity index (χ0v) is 12.5. The van der Waals surface area contributed by atoms with E-state index < -0.39 is 0 Å². The zero-order valence-electron chi connectivity index (χ0n) is 11.7. The molecule has 0 saturated carbocycles. The number of halogens is 1. The van der Waals surface area contributed by atoms with Gasteiger partial charge in [-0.05, 0) is 49.2 Å². The predicted molar refractivity (Wildman–Crippen MR) is 83.1 cm³/mol. The normalized spacial score (nSPS) is 12.4. The fourth-order valence-corrected chi connectivity index (χ4v) is 3.00. The third-order valence-electron chi connectivity index (χ3n) is 3.11. The lowest BCUT2D eigenvalue weighted by Gasteiger charge is -2.16. The summed E-state index contributed by atoms with van der Waals surface area (Å²) < 4.78 is 13.5. The fraction of sp³-hybridized carbons (Fsp3) is 0.250. The fourth-order valence-electron chi connectivity index (χ4n) is 2.02. The lowest BCUT2D eigenvalue weighted by atomic mass is 10.1. The highest BCUT2D eigenvalue weighted by molar-refractivity contribution is 7.99. The second kappa shape index (κ2) is 6.88. The van der Waals surface area contributed by atoms with Gasteiger partial charge < -0.3 is 0 Å². The highest BCUT2D eigenvalue weighted by atomic mass is 32.2. The maximum Gasteiger partial charge on any atom is 0.123 e. The summed E-state index contributed by atoms with van der Waals surface area (Å²) in [7, 11) is 0. The monoisotopic (exact) mass is 290 g/mol. The second-order valence-electron chi connectivity index (χ2n) is 4.91. The number of hydrogen-bond donors (Lipinski definition) is 2. The quantitative estimate of drug-likeness (QED) is 0.500. The van der Waals surface area contributed by atoms with Gasteiger partial charge in [0.05, 0.1) is 6.04 Å². The van der Waals surface area contributed by atoms with E-state index in [4.69, 9.17) is 5.84 Å². The van der Waals surface area contributed by atoms with Crippen molar-refractivity contribution in [1.29, 1.82) is 0 Å². The first-order chi connectivity index (χ1) is 9.58. The summed E-state index contributed by atoms with van der Waals surface area (Å²) in [5.41, 5.74) is 5.79. The SMILES string of the molecule is Cc1ccc(SCC(NN)c2cc(C)cc(F)c2)cc1. The molecule has 0 spiro atoms. The Hall–Kier alpha value is -1.36. The van der Waals surface area contributed by atoms with Crippen LogP contribution < -0.4 is 11.3 Å². The maximum absolute atomic E-state index is 13.5. The van der Waals surface area contributed by atoms with E-state index in [1.165, 1.54) is 22.6 Å². The molecular formula is C16H19FN2S. The molecule has 2 aromatic rings. The Labute approximate surface area is 123 Å². The average Bonchev–Trinajstić information content (AvgIpc) is 2.40.